The molecular weight excluding hydrogens is 799 g/mol. The fourth-order valence-electron chi connectivity index (χ4n) is 7.41. The van der Waals surface area contributed by atoms with Crippen LogP contribution in [0.5, 0.6) is 5.19 Å². The lowest BCUT2D eigenvalue weighted by Crippen LogP contribution is -2.58. The first-order chi connectivity index (χ1) is 25.1. The van der Waals surface area contributed by atoms with Gasteiger partial charge in [0.2, 0.25) is 21.8 Å². The second-order valence-electron chi connectivity index (χ2n) is 14.9. The number of aromatic nitrogens is 1. The Balaban J connectivity index is 1.19. The van der Waals surface area contributed by atoms with Crippen molar-refractivity contribution < 1.29 is 40.7 Å². The van der Waals surface area contributed by atoms with Gasteiger partial charge in [0.1, 0.15) is 23.7 Å². The molecule has 7 rings (SSSR count). The van der Waals surface area contributed by atoms with Crippen LogP contribution < -0.4 is 20.1 Å². The van der Waals surface area contributed by atoms with Gasteiger partial charge in [-0.15, -0.1) is 0 Å². The van der Waals surface area contributed by atoms with Crippen LogP contribution in [-0.4, -0.2) is 71.0 Å². The van der Waals surface area contributed by atoms with Crippen LogP contribution in [0.3, 0.4) is 0 Å². The fraction of sp³-hybridized carbons (Fsp3) is 0.556. The molecule has 2 saturated carbocycles. The molecule has 2 aliphatic carbocycles. The van der Waals surface area contributed by atoms with E-state index in [0.29, 0.717) is 42.8 Å². The van der Waals surface area contributed by atoms with Crippen molar-refractivity contribution in [1.82, 2.24) is 19.9 Å². The highest BCUT2D eigenvalue weighted by Gasteiger charge is 2.63. The van der Waals surface area contributed by atoms with Crippen LogP contribution in [0.2, 0.25) is 0 Å². The van der Waals surface area contributed by atoms with Crippen LogP contribution in [0.25, 0.3) is 10.2 Å². The monoisotopic (exact) mass is 839 g/mol. The third-order valence-electron chi connectivity index (χ3n) is 11.0. The molecule has 0 spiro atoms. The van der Waals surface area contributed by atoms with Gasteiger partial charge in [-0.25, -0.2) is 13.4 Å². The Labute approximate surface area is 318 Å². The second kappa shape index (κ2) is 14.3. The molecule has 11 nitrogen and oxygen atoms in total. The standard InChI is InChI=1S/C36H41BrF3N5O6S2/c1-34(14-15-34)53(49,50)44-32(48)35-19-22(35)8-5-3-2-4-6-11-27(41-24-10-7-9-21(16-24)36(38,39)40)31(47)45-20-25(18-28(45)30(46)43-35)51-33-42-26-13-12-23(37)17-29(26)52-33/h7,9-10,12-13,16-17,22,25,27-28,41H,2-6,8,11,14-15,18-20H2,1H3,(H,43,46)(H,44,48)/t22-,25-,27+,28+,35-/m1/s1. The molecule has 1 aromatic heterocycles. The van der Waals surface area contributed by atoms with Gasteiger partial charge in [-0.2, -0.15) is 13.2 Å². The summed E-state index contributed by atoms with van der Waals surface area (Å²) in [6.07, 6.45) is 0.623. The number of benzene rings is 2. The Kier molecular flexibility index (Phi) is 10.2. The maximum absolute atomic E-state index is 14.5. The Morgan fingerprint density at radius 2 is 1.81 bits per heavy atom. The lowest BCUT2D eigenvalue weighted by molar-refractivity contribution is -0.140. The van der Waals surface area contributed by atoms with Gasteiger partial charge >= 0.3 is 6.18 Å². The van der Waals surface area contributed by atoms with E-state index in [-0.39, 0.29) is 31.0 Å². The highest BCUT2D eigenvalue weighted by atomic mass is 79.9. The number of halogens is 4. The van der Waals surface area contributed by atoms with Crippen molar-refractivity contribution >= 4 is 70.9 Å². The molecule has 0 bridgehead atoms. The maximum Gasteiger partial charge on any atom is 0.416 e. The Hall–Kier alpha value is -3.44. The Morgan fingerprint density at radius 3 is 2.55 bits per heavy atom. The first-order valence-electron chi connectivity index (χ1n) is 17.9. The molecule has 4 fully saturated rings. The molecule has 3 heterocycles. The number of anilines is 1. The average Bonchev–Trinajstić information content (AvgIpc) is 3.91. The van der Waals surface area contributed by atoms with Crippen LogP contribution in [0.15, 0.2) is 46.9 Å². The van der Waals surface area contributed by atoms with Crippen LogP contribution in [0.1, 0.15) is 83.1 Å². The summed E-state index contributed by atoms with van der Waals surface area (Å²) < 4.78 is 76.3. The predicted molar refractivity (Wildman–Crippen MR) is 197 cm³/mol. The normalized spacial score (nSPS) is 27.8. The van der Waals surface area contributed by atoms with Gasteiger partial charge in [0.15, 0.2) is 0 Å². The number of hydrogen-bond acceptors (Lipinski definition) is 9. The fourth-order valence-corrected chi connectivity index (χ4v) is 10.2. The van der Waals surface area contributed by atoms with Crippen LogP contribution in [0, 0.1) is 5.92 Å². The summed E-state index contributed by atoms with van der Waals surface area (Å²) in [6, 6.07) is 8.17. The number of alkyl halides is 3. The summed E-state index contributed by atoms with van der Waals surface area (Å²) in [5.74, 6) is -2.18. The van der Waals surface area contributed by atoms with Crippen molar-refractivity contribution in [1.29, 1.82) is 0 Å². The van der Waals surface area contributed by atoms with Crippen molar-refractivity contribution in [3.63, 3.8) is 0 Å². The van der Waals surface area contributed by atoms with E-state index in [1.807, 2.05) is 18.2 Å². The largest absolute Gasteiger partial charge is 0.465 e. The zero-order valence-electron chi connectivity index (χ0n) is 29.0. The molecule has 3 aromatic rings. The van der Waals surface area contributed by atoms with Gasteiger partial charge in [-0.05, 0) is 81.3 Å². The van der Waals surface area contributed by atoms with E-state index in [0.717, 1.165) is 47.0 Å². The minimum Gasteiger partial charge on any atom is -0.465 e. The van der Waals surface area contributed by atoms with E-state index in [2.05, 4.69) is 36.3 Å². The molecule has 286 valence electrons. The average molecular weight is 841 g/mol. The minimum atomic E-state index is -4.58. The number of rotatable bonds is 7. The second-order valence-corrected chi connectivity index (χ2v) is 19.0. The topological polar surface area (TPSA) is 147 Å². The molecule has 3 amide bonds. The molecule has 3 N–H and O–H groups in total. The first kappa shape index (κ1) is 37.9. The third-order valence-corrected chi connectivity index (χ3v) is 14.6. The quantitative estimate of drug-likeness (QED) is 0.244. The third kappa shape index (κ3) is 8.02. The van der Waals surface area contributed by atoms with E-state index < -0.39 is 68.0 Å². The summed E-state index contributed by atoms with van der Waals surface area (Å²) in [6.45, 7) is 1.56. The number of carbonyl (C=O) groups is 3. The molecule has 2 saturated heterocycles. The van der Waals surface area contributed by atoms with Crippen molar-refractivity contribution in [2.45, 2.75) is 112 Å². The smallest absolute Gasteiger partial charge is 0.416 e. The zero-order valence-corrected chi connectivity index (χ0v) is 32.2. The number of thiazole rings is 1. The van der Waals surface area contributed by atoms with Crippen LogP contribution >= 0.6 is 27.3 Å². The van der Waals surface area contributed by atoms with Gasteiger partial charge in [0, 0.05) is 16.6 Å². The SMILES string of the molecule is CC1(S(=O)(=O)NC(=O)[C@@]23C[C@H]2CCCCCCC[C@H](Nc2cccc(C(F)(F)F)c2)C(=O)N2C[C@H](Oc4nc5ccc(Br)cc5s4)C[C@H]2C(=O)N3)CC1. The maximum atomic E-state index is 14.5. The van der Waals surface area contributed by atoms with Gasteiger partial charge in [0.25, 0.3) is 11.1 Å². The van der Waals surface area contributed by atoms with Gasteiger partial charge in [0.05, 0.1) is 27.1 Å². The number of fused-ring (bicyclic) bond motifs is 3. The Bertz CT molecular complexity index is 2020. The van der Waals surface area contributed by atoms with E-state index >= 15 is 0 Å². The number of nitrogens with one attached hydrogen (secondary N) is 3. The van der Waals surface area contributed by atoms with Gasteiger partial charge in [-0.3, -0.25) is 19.1 Å². The lowest BCUT2D eigenvalue weighted by Gasteiger charge is -2.30. The van der Waals surface area contributed by atoms with Crippen LogP contribution in [-0.2, 0) is 30.6 Å². The number of amides is 3. The summed E-state index contributed by atoms with van der Waals surface area (Å²) >= 11 is 4.76. The highest BCUT2D eigenvalue weighted by Crippen LogP contribution is 2.49. The van der Waals surface area contributed by atoms with E-state index in [1.165, 1.54) is 28.4 Å². The first-order valence-corrected chi connectivity index (χ1v) is 21.0. The number of ether oxygens (including phenoxy) is 1. The summed E-state index contributed by atoms with van der Waals surface area (Å²) in [7, 11) is -3.99. The van der Waals surface area contributed by atoms with E-state index in [4.69, 9.17) is 4.74 Å². The van der Waals surface area contributed by atoms with Crippen LogP contribution in [0.4, 0.5) is 18.9 Å². The molecule has 17 heteroatoms. The zero-order chi connectivity index (χ0) is 37.8. The summed E-state index contributed by atoms with van der Waals surface area (Å²) in [5, 5.41) is 6.27. The number of carbonyl (C=O) groups excluding carboxylic acids is 3. The molecule has 5 atom stereocenters. The number of sulfonamides is 1. The molecule has 0 radical (unpaired) electrons. The molecule has 4 aliphatic rings. The van der Waals surface area contributed by atoms with Gasteiger partial charge in [-0.1, -0.05) is 65.4 Å². The van der Waals surface area contributed by atoms with Crippen molar-refractivity contribution in [2.75, 3.05) is 11.9 Å². The van der Waals surface area contributed by atoms with Crippen molar-refractivity contribution in [3.05, 3.63) is 52.5 Å². The molecule has 0 unspecified atom stereocenters. The minimum absolute atomic E-state index is 0.0212. The van der Waals surface area contributed by atoms with E-state index in [9.17, 15) is 36.0 Å². The summed E-state index contributed by atoms with van der Waals surface area (Å²) in [4.78, 5) is 48.6. The van der Waals surface area contributed by atoms with Gasteiger partial charge < -0.3 is 20.3 Å². The number of hydrogen-bond donors (Lipinski definition) is 3. The van der Waals surface area contributed by atoms with Crippen molar-refractivity contribution in [3.8, 4) is 5.19 Å². The molecule has 2 aromatic carbocycles. The molecule has 53 heavy (non-hydrogen) atoms. The van der Waals surface area contributed by atoms with Crippen molar-refractivity contribution in [2.24, 2.45) is 5.92 Å². The Morgan fingerprint density at radius 1 is 1.08 bits per heavy atom. The molecule has 2 aliphatic heterocycles. The van der Waals surface area contributed by atoms with E-state index in [1.54, 1.807) is 6.92 Å². The highest BCUT2D eigenvalue weighted by molar-refractivity contribution is 9.10. The lowest BCUT2D eigenvalue weighted by atomic mass is 10.0. The summed E-state index contributed by atoms with van der Waals surface area (Å²) in [5.41, 5.74) is -1.49. The number of nitrogens with zero attached hydrogens (tertiary/aromatic N) is 2. The molecular formula is C36H41BrF3N5O6S2. The predicted octanol–water partition coefficient (Wildman–Crippen LogP) is 6.52.